The Hall–Kier alpha value is -3.77. The minimum atomic E-state index is -2.77. The zero-order valence-corrected chi connectivity index (χ0v) is 26.2. The van der Waals surface area contributed by atoms with Crippen molar-refractivity contribution in [3.8, 4) is 0 Å². The number of carbonyl (C=O) groups is 5. The number of nitrogens with zero attached hydrogens (tertiary/aromatic N) is 1. The van der Waals surface area contributed by atoms with Gasteiger partial charge in [0.15, 0.2) is 0 Å². The van der Waals surface area contributed by atoms with Crippen LogP contribution in [0.5, 0.6) is 0 Å². The molecule has 1 aromatic rings. The van der Waals surface area contributed by atoms with Gasteiger partial charge in [-0.25, -0.2) is 18.8 Å². The number of halogens is 2. The lowest BCUT2D eigenvalue weighted by atomic mass is 10.0. The van der Waals surface area contributed by atoms with Crippen LogP contribution < -0.4 is 10.6 Å². The van der Waals surface area contributed by atoms with Crippen LogP contribution in [0, 0.1) is 5.92 Å². The third-order valence-electron chi connectivity index (χ3n) is 8.28. The van der Waals surface area contributed by atoms with Gasteiger partial charge in [-0.05, 0) is 71.4 Å². The van der Waals surface area contributed by atoms with Crippen molar-refractivity contribution in [2.24, 2.45) is 5.92 Å². The summed E-state index contributed by atoms with van der Waals surface area (Å²) in [5.41, 5.74) is -2.33. The number of esters is 2. The van der Waals surface area contributed by atoms with Gasteiger partial charge in [0, 0.05) is 6.42 Å². The van der Waals surface area contributed by atoms with Crippen LogP contribution in [0.15, 0.2) is 30.3 Å². The van der Waals surface area contributed by atoms with Crippen LogP contribution in [-0.2, 0) is 28.6 Å². The van der Waals surface area contributed by atoms with Crippen molar-refractivity contribution in [1.29, 1.82) is 0 Å². The number of ether oxygens (including phenoxy) is 3. The second-order valence-electron chi connectivity index (χ2n) is 13.1. The summed E-state index contributed by atoms with van der Waals surface area (Å²) >= 11 is 0. The molecule has 3 fully saturated rings. The Morgan fingerprint density at radius 2 is 1.76 bits per heavy atom. The van der Waals surface area contributed by atoms with E-state index in [2.05, 4.69) is 10.6 Å². The molecule has 13 heteroatoms. The van der Waals surface area contributed by atoms with Crippen molar-refractivity contribution in [1.82, 2.24) is 15.5 Å². The third kappa shape index (κ3) is 8.49. The first-order valence-corrected chi connectivity index (χ1v) is 15.6. The smallest absolute Gasteiger partial charge is 0.408 e. The average Bonchev–Trinajstić information content (AvgIpc) is 3.52. The molecule has 6 atom stereocenters. The number of alkyl carbamates (subject to hydrolysis) is 1. The van der Waals surface area contributed by atoms with E-state index in [1.807, 2.05) is 0 Å². The maximum absolute atomic E-state index is 16.4. The highest BCUT2D eigenvalue weighted by molar-refractivity contribution is 5.96. The number of nitrogens with one attached hydrogen (secondary N) is 2. The molecule has 4 rings (SSSR count). The van der Waals surface area contributed by atoms with Gasteiger partial charge < -0.3 is 29.7 Å². The van der Waals surface area contributed by atoms with Crippen molar-refractivity contribution in [2.75, 3.05) is 13.2 Å². The molecule has 248 valence electrons. The molecule has 1 aliphatic carbocycles. The van der Waals surface area contributed by atoms with E-state index in [4.69, 9.17) is 14.2 Å². The van der Waals surface area contributed by atoms with Crippen molar-refractivity contribution in [3.05, 3.63) is 35.9 Å². The summed E-state index contributed by atoms with van der Waals surface area (Å²) in [7, 11) is 0. The van der Waals surface area contributed by atoms with Crippen LogP contribution in [-0.4, -0.2) is 83.1 Å². The first-order valence-electron chi connectivity index (χ1n) is 15.6. The third-order valence-corrected chi connectivity index (χ3v) is 8.28. The van der Waals surface area contributed by atoms with Crippen LogP contribution in [0.25, 0.3) is 0 Å². The topological polar surface area (TPSA) is 140 Å². The molecular weight excluding hydrogens is 592 g/mol. The van der Waals surface area contributed by atoms with Crippen LogP contribution >= 0.6 is 0 Å². The van der Waals surface area contributed by atoms with Crippen LogP contribution in [0.2, 0.25) is 0 Å². The SMILES string of the molecule is CCOC(=O)[C@@]12C[C@H]1CC(F)CCCCC[C@H](NC(=O)OC(C)(C)C)C(=O)N1C[C@](F)(OC(=O)c3ccccc3)C[C@H]1C(=O)N2. The number of amides is 3. The van der Waals surface area contributed by atoms with Gasteiger partial charge in [-0.15, -0.1) is 0 Å². The van der Waals surface area contributed by atoms with Crippen LogP contribution in [0.4, 0.5) is 13.6 Å². The van der Waals surface area contributed by atoms with Crippen LogP contribution in [0.3, 0.4) is 0 Å². The van der Waals surface area contributed by atoms with E-state index in [1.165, 1.54) is 12.1 Å². The summed E-state index contributed by atoms with van der Waals surface area (Å²) in [5, 5.41) is 5.20. The Kier molecular flexibility index (Phi) is 10.4. The second kappa shape index (κ2) is 13.7. The molecule has 1 saturated carbocycles. The summed E-state index contributed by atoms with van der Waals surface area (Å²) in [5.74, 6) is -6.70. The van der Waals surface area contributed by atoms with Crippen molar-refractivity contribution >= 4 is 29.8 Å². The molecule has 0 spiro atoms. The molecule has 11 nitrogen and oxygen atoms in total. The molecule has 2 heterocycles. The van der Waals surface area contributed by atoms with Gasteiger partial charge in [-0.3, -0.25) is 9.59 Å². The quantitative estimate of drug-likeness (QED) is 0.364. The molecule has 0 radical (unpaired) electrons. The van der Waals surface area contributed by atoms with Crippen molar-refractivity contribution in [2.45, 2.75) is 114 Å². The highest BCUT2D eigenvalue weighted by Gasteiger charge is 2.64. The average molecular weight is 636 g/mol. The van der Waals surface area contributed by atoms with E-state index < -0.39 is 84.0 Å². The molecule has 1 aromatic carbocycles. The Morgan fingerprint density at radius 1 is 1.07 bits per heavy atom. The van der Waals surface area contributed by atoms with Crippen molar-refractivity contribution < 1.29 is 47.0 Å². The van der Waals surface area contributed by atoms with E-state index >= 15 is 4.39 Å². The number of hydrogen-bond donors (Lipinski definition) is 2. The molecule has 3 amide bonds. The van der Waals surface area contributed by atoms with Gasteiger partial charge in [-0.2, -0.15) is 4.39 Å². The van der Waals surface area contributed by atoms with Gasteiger partial charge in [0.1, 0.15) is 29.4 Å². The maximum Gasteiger partial charge on any atom is 0.408 e. The summed E-state index contributed by atoms with van der Waals surface area (Å²) in [6, 6.07) is 4.96. The zero-order valence-electron chi connectivity index (χ0n) is 26.2. The highest BCUT2D eigenvalue weighted by Crippen LogP contribution is 2.49. The van der Waals surface area contributed by atoms with Gasteiger partial charge >= 0.3 is 18.0 Å². The fraction of sp³-hybridized carbons (Fsp3) is 0.656. The summed E-state index contributed by atoms with van der Waals surface area (Å²) in [6.45, 7) is 5.80. The number of rotatable bonds is 5. The number of hydrogen-bond acceptors (Lipinski definition) is 8. The van der Waals surface area contributed by atoms with Gasteiger partial charge in [0.05, 0.1) is 18.7 Å². The number of fused-ring (bicyclic) bond motifs is 2. The Morgan fingerprint density at radius 3 is 2.42 bits per heavy atom. The zero-order chi connectivity index (χ0) is 33.0. The van der Waals surface area contributed by atoms with Crippen molar-refractivity contribution in [3.63, 3.8) is 0 Å². The summed E-state index contributed by atoms with van der Waals surface area (Å²) in [6.07, 6.45) is -0.892. The number of carbonyl (C=O) groups excluding carboxylic acids is 5. The number of alkyl halides is 2. The van der Waals surface area contributed by atoms with Gasteiger partial charge in [0.25, 0.3) is 5.85 Å². The predicted octanol–water partition coefficient (Wildman–Crippen LogP) is 4.13. The molecule has 45 heavy (non-hydrogen) atoms. The van der Waals surface area contributed by atoms with Gasteiger partial charge in [0.2, 0.25) is 11.8 Å². The van der Waals surface area contributed by atoms with E-state index in [9.17, 15) is 28.4 Å². The fourth-order valence-electron chi connectivity index (χ4n) is 6.02. The number of benzene rings is 1. The fourth-order valence-corrected chi connectivity index (χ4v) is 6.02. The van der Waals surface area contributed by atoms with Crippen LogP contribution in [0.1, 0.15) is 89.4 Å². The van der Waals surface area contributed by atoms with E-state index in [0.29, 0.717) is 19.3 Å². The van der Waals surface area contributed by atoms with Gasteiger partial charge in [-0.1, -0.05) is 37.5 Å². The minimum Gasteiger partial charge on any atom is -0.464 e. The highest BCUT2D eigenvalue weighted by atomic mass is 19.2. The first-order chi connectivity index (χ1) is 21.2. The minimum absolute atomic E-state index is 0.0248. The largest absolute Gasteiger partial charge is 0.464 e. The lowest BCUT2D eigenvalue weighted by Crippen LogP contribution is -2.57. The first kappa shape index (κ1) is 34.1. The summed E-state index contributed by atoms with van der Waals surface area (Å²) in [4.78, 5) is 67.4. The predicted molar refractivity (Wildman–Crippen MR) is 157 cm³/mol. The Balaban J connectivity index is 1.66. The molecule has 2 N–H and O–H groups in total. The molecule has 2 saturated heterocycles. The molecule has 0 aromatic heterocycles. The molecule has 0 bridgehead atoms. The lowest BCUT2D eigenvalue weighted by molar-refractivity contribution is -0.150. The monoisotopic (exact) mass is 635 g/mol. The summed E-state index contributed by atoms with van der Waals surface area (Å²) < 4.78 is 47.1. The Bertz CT molecular complexity index is 1270. The Labute approximate surface area is 261 Å². The molecule has 2 aliphatic heterocycles. The second-order valence-corrected chi connectivity index (χ2v) is 13.1. The van der Waals surface area contributed by atoms with E-state index in [0.717, 1.165) is 4.90 Å². The molecule has 1 unspecified atom stereocenters. The van der Waals surface area contributed by atoms with E-state index in [-0.39, 0.29) is 37.9 Å². The normalized spacial score (nSPS) is 30.8. The molecular formula is C32H43F2N3O8. The van der Waals surface area contributed by atoms with E-state index in [1.54, 1.807) is 45.9 Å². The lowest BCUT2D eigenvalue weighted by Gasteiger charge is -2.30. The molecule has 3 aliphatic rings. The standard InChI is InChI=1S/C32H43F2N3O8/c1-5-43-28(41)32-17-21(32)16-22(33)14-10-7-11-15-23(35-29(42)45-30(2,3)4)26(39)37-19-31(34,18-24(37)25(38)36-32)44-27(40)20-12-8-6-9-13-20/h6,8-9,12-13,21-24H,5,7,10-11,14-19H2,1-4H3,(H,35,42)(H,36,38)/t21-,22?,23+,24+,31-,32-/m1/s1. The maximum atomic E-state index is 16.4.